The molecule has 3 heterocycles. The van der Waals surface area contributed by atoms with Crippen molar-refractivity contribution in [1.82, 2.24) is 0 Å². The Bertz CT molecular complexity index is 3450. The minimum Gasteiger partial charge on any atom is -0.454 e. The van der Waals surface area contributed by atoms with Gasteiger partial charge in [0, 0.05) is 62.5 Å². The molecule has 0 saturated carbocycles. The highest BCUT2D eigenvalue weighted by Gasteiger charge is 2.23. The summed E-state index contributed by atoms with van der Waals surface area (Å²) in [6, 6.07) is 64.1. The first kappa shape index (κ1) is 30.0. The molecule has 54 heavy (non-hydrogen) atoms. The predicted octanol–water partition coefficient (Wildman–Crippen LogP) is 15.8. The third-order valence-electron chi connectivity index (χ3n) is 11.1. The molecule has 0 aliphatic carbocycles. The van der Waals surface area contributed by atoms with Crippen LogP contribution in [0.2, 0.25) is 0 Å². The van der Waals surface area contributed by atoms with Crippen LogP contribution in [0.5, 0.6) is 0 Å². The highest BCUT2D eigenvalue weighted by atomic mass is 32.1. The molecule has 0 atom stereocenters. The van der Waals surface area contributed by atoms with E-state index in [0.717, 1.165) is 33.6 Å². The van der Waals surface area contributed by atoms with E-state index in [9.17, 15) is 0 Å². The number of furan rings is 1. The lowest BCUT2D eigenvalue weighted by Gasteiger charge is -2.26. The van der Waals surface area contributed by atoms with Gasteiger partial charge in [-0.1, -0.05) is 121 Å². The summed E-state index contributed by atoms with van der Waals surface area (Å²) in [7, 11) is 0. The van der Waals surface area contributed by atoms with E-state index in [0.29, 0.717) is 0 Å². The van der Waals surface area contributed by atoms with E-state index < -0.39 is 0 Å². The Morgan fingerprint density at radius 2 is 1.09 bits per heavy atom. The zero-order valence-corrected chi connectivity index (χ0v) is 30.5. The molecule has 0 saturated heterocycles. The van der Waals surface area contributed by atoms with Crippen LogP contribution in [0.1, 0.15) is 0 Å². The number of hydrogen-bond acceptors (Lipinski definition) is 4. The summed E-state index contributed by atoms with van der Waals surface area (Å²) in [6.45, 7) is 0. The average molecular weight is 724 g/mol. The van der Waals surface area contributed by atoms with Crippen LogP contribution in [0, 0.1) is 0 Å². The molecule has 0 amide bonds. The largest absolute Gasteiger partial charge is 0.454 e. The fourth-order valence-electron chi connectivity index (χ4n) is 8.59. The summed E-state index contributed by atoms with van der Waals surface area (Å²) >= 11 is 3.72. The van der Waals surface area contributed by atoms with Crippen molar-refractivity contribution in [2.24, 2.45) is 0 Å². The fraction of sp³-hybridized carbons (Fsp3) is 0. The molecular formula is C50H29NOS2. The van der Waals surface area contributed by atoms with E-state index in [4.69, 9.17) is 4.42 Å². The summed E-state index contributed by atoms with van der Waals surface area (Å²) in [6.07, 6.45) is 0. The van der Waals surface area contributed by atoms with E-state index >= 15 is 0 Å². The lowest BCUT2D eigenvalue weighted by atomic mass is 9.98. The van der Waals surface area contributed by atoms with Crippen LogP contribution in [-0.4, -0.2) is 0 Å². The number of anilines is 3. The SMILES string of the molecule is c1ccc2c(-c3ccc(N(c4ccc5sc6ccccc6c5c4)c4cccc5c4oc4ccc6sc7c8ccccc8ccc7c6c45)cc3)cccc2c1. The van der Waals surface area contributed by atoms with Gasteiger partial charge in [-0.05, 0) is 87.3 Å². The fourth-order valence-corrected chi connectivity index (χ4v) is 10.9. The van der Waals surface area contributed by atoms with E-state index in [1.54, 1.807) is 0 Å². The Labute approximate surface area is 318 Å². The molecule has 0 radical (unpaired) electrons. The molecule has 4 heteroatoms. The molecule has 252 valence electrons. The minimum atomic E-state index is 0.883. The molecule has 3 aromatic heterocycles. The number of hydrogen-bond donors (Lipinski definition) is 0. The Morgan fingerprint density at radius 3 is 1.98 bits per heavy atom. The summed E-state index contributed by atoms with van der Waals surface area (Å²) in [5.74, 6) is 0. The Hall–Kier alpha value is -6.46. The van der Waals surface area contributed by atoms with Gasteiger partial charge in [-0.15, -0.1) is 22.7 Å². The third-order valence-corrected chi connectivity index (χ3v) is 13.4. The predicted molar refractivity (Wildman–Crippen MR) is 235 cm³/mol. The molecule has 0 bridgehead atoms. The second-order valence-electron chi connectivity index (χ2n) is 14.0. The van der Waals surface area contributed by atoms with Gasteiger partial charge in [0.2, 0.25) is 0 Å². The number of fused-ring (bicyclic) bond motifs is 13. The smallest absolute Gasteiger partial charge is 0.159 e. The second kappa shape index (κ2) is 11.5. The standard InChI is InChI=1S/C50H29NOS2/c1-3-12-35-30(9-1)11-7-15-36(35)32-19-22-33(23-20-32)51(34-24-27-45-41(29-34)38-14-5-6-18-44(38)53-45)42-17-8-16-39-47-43(52-49(39)42)26-28-46-48(47)40-25-21-31-10-2-4-13-37(31)50(40)54-46/h1-29H. The van der Waals surface area contributed by atoms with Crippen LogP contribution in [0.15, 0.2) is 180 Å². The van der Waals surface area contributed by atoms with E-state index in [2.05, 4.69) is 181 Å². The average Bonchev–Trinajstić information content (AvgIpc) is 3.92. The molecular weight excluding hydrogens is 695 g/mol. The van der Waals surface area contributed by atoms with Gasteiger partial charge in [-0.2, -0.15) is 0 Å². The molecule has 12 aromatic rings. The van der Waals surface area contributed by atoms with Crippen molar-refractivity contribution in [2.45, 2.75) is 0 Å². The first-order chi connectivity index (χ1) is 26.8. The Balaban J connectivity index is 1.10. The van der Waals surface area contributed by atoms with Gasteiger partial charge in [0.1, 0.15) is 5.58 Å². The quantitative estimate of drug-likeness (QED) is 0.180. The molecule has 0 aliphatic heterocycles. The molecule has 0 fully saturated rings. The Kier molecular flexibility index (Phi) is 6.41. The molecule has 0 unspecified atom stereocenters. The van der Waals surface area contributed by atoms with Crippen LogP contribution in [0.25, 0.3) is 95.0 Å². The summed E-state index contributed by atoms with van der Waals surface area (Å²) in [5, 5.41) is 12.5. The zero-order valence-electron chi connectivity index (χ0n) is 28.9. The van der Waals surface area contributed by atoms with Crippen LogP contribution in [-0.2, 0) is 0 Å². The highest BCUT2D eigenvalue weighted by Crippen LogP contribution is 2.48. The molecule has 0 N–H and O–H groups in total. The van der Waals surface area contributed by atoms with Gasteiger partial charge in [0.25, 0.3) is 0 Å². The topological polar surface area (TPSA) is 16.4 Å². The maximum Gasteiger partial charge on any atom is 0.159 e. The normalized spacial score (nSPS) is 12.1. The summed E-state index contributed by atoms with van der Waals surface area (Å²) < 4.78 is 12.2. The van der Waals surface area contributed by atoms with Crippen molar-refractivity contribution in [3.63, 3.8) is 0 Å². The monoisotopic (exact) mass is 723 g/mol. The van der Waals surface area contributed by atoms with E-state index in [1.165, 1.54) is 78.4 Å². The lowest BCUT2D eigenvalue weighted by molar-refractivity contribution is 0.669. The van der Waals surface area contributed by atoms with Crippen LogP contribution in [0.4, 0.5) is 17.1 Å². The molecule has 0 aliphatic rings. The molecule has 9 aromatic carbocycles. The Morgan fingerprint density at radius 1 is 0.407 bits per heavy atom. The van der Waals surface area contributed by atoms with Gasteiger partial charge in [-0.25, -0.2) is 0 Å². The number of thiophene rings is 2. The second-order valence-corrected chi connectivity index (χ2v) is 16.2. The van der Waals surface area contributed by atoms with Crippen molar-refractivity contribution < 1.29 is 4.42 Å². The maximum absolute atomic E-state index is 6.97. The van der Waals surface area contributed by atoms with E-state index in [1.807, 2.05) is 22.7 Å². The van der Waals surface area contributed by atoms with Gasteiger partial charge >= 0.3 is 0 Å². The molecule has 12 rings (SSSR count). The number of rotatable bonds is 4. The van der Waals surface area contributed by atoms with Crippen molar-refractivity contribution in [3.8, 4) is 11.1 Å². The number of nitrogens with zero attached hydrogens (tertiary/aromatic N) is 1. The lowest BCUT2D eigenvalue weighted by Crippen LogP contribution is -2.10. The molecule has 2 nitrogen and oxygen atoms in total. The third kappa shape index (κ3) is 4.38. The first-order valence-corrected chi connectivity index (χ1v) is 19.9. The van der Waals surface area contributed by atoms with Crippen LogP contribution in [0.3, 0.4) is 0 Å². The first-order valence-electron chi connectivity index (χ1n) is 18.2. The van der Waals surface area contributed by atoms with Gasteiger partial charge in [0.05, 0.1) is 5.69 Å². The van der Waals surface area contributed by atoms with Crippen LogP contribution < -0.4 is 4.90 Å². The number of para-hydroxylation sites is 1. The van der Waals surface area contributed by atoms with Crippen molar-refractivity contribution in [3.05, 3.63) is 176 Å². The van der Waals surface area contributed by atoms with Crippen molar-refractivity contribution in [1.29, 1.82) is 0 Å². The van der Waals surface area contributed by atoms with Crippen molar-refractivity contribution >= 4 is 124 Å². The summed E-state index contributed by atoms with van der Waals surface area (Å²) in [4.78, 5) is 2.37. The van der Waals surface area contributed by atoms with E-state index in [-0.39, 0.29) is 0 Å². The minimum absolute atomic E-state index is 0.883. The van der Waals surface area contributed by atoms with Crippen molar-refractivity contribution in [2.75, 3.05) is 4.90 Å². The summed E-state index contributed by atoms with van der Waals surface area (Å²) in [5.41, 5.74) is 7.39. The highest BCUT2D eigenvalue weighted by molar-refractivity contribution is 7.27. The molecule has 0 spiro atoms. The van der Waals surface area contributed by atoms with Crippen LogP contribution >= 0.6 is 22.7 Å². The zero-order chi connectivity index (χ0) is 35.3. The van der Waals surface area contributed by atoms with Gasteiger partial charge in [-0.3, -0.25) is 0 Å². The van der Waals surface area contributed by atoms with Gasteiger partial charge < -0.3 is 9.32 Å². The number of benzene rings is 9. The van der Waals surface area contributed by atoms with Gasteiger partial charge in [0.15, 0.2) is 5.58 Å². The maximum atomic E-state index is 6.97.